The molecular weight excluding hydrogens is 428 g/mol. The molecule has 1 unspecified atom stereocenters. The predicted molar refractivity (Wildman–Crippen MR) is 134 cm³/mol. The minimum atomic E-state index is -0.620. The highest BCUT2D eigenvalue weighted by Gasteiger charge is 2.24. The number of aryl methyl sites for hydroxylation is 1. The number of carbonyl (C=O) groups excluding carboxylic acids is 1. The number of hydrogen-bond donors (Lipinski definition) is 1. The Morgan fingerprint density at radius 1 is 1.12 bits per heavy atom. The highest BCUT2D eigenvalue weighted by Crippen LogP contribution is 2.34. The van der Waals surface area contributed by atoms with Gasteiger partial charge in [0, 0.05) is 29.7 Å². The summed E-state index contributed by atoms with van der Waals surface area (Å²) in [6.07, 6.45) is 1.29. The van der Waals surface area contributed by atoms with E-state index in [-0.39, 0.29) is 6.04 Å². The highest BCUT2D eigenvalue weighted by atomic mass is 16.6. The molecule has 3 aromatic heterocycles. The molecule has 0 fully saturated rings. The summed E-state index contributed by atoms with van der Waals surface area (Å²) in [5, 5.41) is 5.39. The molecule has 0 aliphatic carbocycles. The minimum absolute atomic E-state index is 0.199. The predicted octanol–water partition coefficient (Wildman–Crippen LogP) is 5.18. The first-order valence-corrected chi connectivity index (χ1v) is 11.2. The molecule has 0 spiro atoms. The zero-order chi connectivity index (χ0) is 24.6. The number of nitrogens with zero attached hydrogens (tertiary/aromatic N) is 5. The molecule has 8 heteroatoms. The molecule has 4 rings (SSSR count). The fourth-order valence-corrected chi connectivity index (χ4v) is 3.66. The lowest BCUT2D eigenvalue weighted by molar-refractivity contribution is 0.0590. The first-order valence-electron chi connectivity index (χ1n) is 11.2. The summed E-state index contributed by atoms with van der Waals surface area (Å²) in [6, 6.07) is 15.3. The van der Waals surface area contributed by atoms with Crippen LogP contribution in [0.1, 0.15) is 45.1 Å². The van der Waals surface area contributed by atoms with Crippen LogP contribution in [0.25, 0.3) is 28.0 Å². The van der Waals surface area contributed by atoms with E-state index in [1.807, 2.05) is 83.1 Å². The monoisotopic (exact) mass is 458 g/mol. The Balaban J connectivity index is 1.93. The number of rotatable bonds is 4. The average molecular weight is 459 g/mol. The van der Waals surface area contributed by atoms with Crippen LogP contribution in [0, 0.1) is 6.92 Å². The van der Waals surface area contributed by atoms with Gasteiger partial charge < -0.3 is 10.5 Å². The average Bonchev–Trinajstić information content (AvgIpc) is 3.21. The van der Waals surface area contributed by atoms with E-state index in [4.69, 9.17) is 15.5 Å². The molecule has 0 aliphatic rings. The minimum Gasteiger partial charge on any atom is -0.443 e. The maximum absolute atomic E-state index is 12.9. The van der Waals surface area contributed by atoms with E-state index >= 15 is 0 Å². The topological polar surface area (TPSA) is 99.2 Å². The number of aromatic nitrogens is 4. The lowest BCUT2D eigenvalue weighted by Gasteiger charge is -2.25. The molecule has 4 aromatic rings. The zero-order valence-electron chi connectivity index (χ0n) is 20.4. The van der Waals surface area contributed by atoms with Crippen LogP contribution < -0.4 is 10.6 Å². The van der Waals surface area contributed by atoms with Crippen molar-refractivity contribution in [1.82, 2.24) is 19.7 Å². The molecule has 8 nitrogen and oxygen atoms in total. The summed E-state index contributed by atoms with van der Waals surface area (Å²) < 4.78 is 7.39. The summed E-state index contributed by atoms with van der Waals surface area (Å²) in [5.74, 6) is 0.690. The van der Waals surface area contributed by atoms with Crippen molar-refractivity contribution in [2.24, 2.45) is 5.73 Å². The summed E-state index contributed by atoms with van der Waals surface area (Å²) in [4.78, 5) is 23.8. The Labute approximate surface area is 199 Å². The van der Waals surface area contributed by atoms with Gasteiger partial charge in [-0.15, -0.1) is 0 Å². The molecule has 1 amide bonds. The van der Waals surface area contributed by atoms with Gasteiger partial charge in [-0.25, -0.2) is 14.5 Å². The number of amides is 1. The molecule has 0 bridgehead atoms. The van der Waals surface area contributed by atoms with Gasteiger partial charge in [0.05, 0.1) is 28.8 Å². The number of fused-ring (bicyclic) bond motifs is 1. The fourth-order valence-electron chi connectivity index (χ4n) is 3.66. The number of benzene rings is 1. The van der Waals surface area contributed by atoms with E-state index in [0.717, 1.165) is 33.5 Å². The molecule has 1 atom stereocenters. The van der Waals surface area contributed by atoms with Gasteiger partial charge in [0.2, 0.25) is 0 Å². The number of pyridine rings is 2. The normalized spacial score (nSPS) is 12.6. The van der Waals surface area contributed by atoms with Crippen molar-refractivity contribution in [3.8, 4) is 17.1 Å². The molecular formula is C26H30N6O2. The van der Waals surface area contributed by atoms with Crippen LogP contribution in [-0.4, -0.2) is 38.5 Å². The first kappa shape index (κ1) is 23.4. The van der Waals surface area contributed by atoms with Gasteiger partial charge in [-0.05, 0) is 71.0 Å². The first-order chi connectivity index (χ1) is 16.0. The lowest BCUT2D eigenvalue weighted by atomic mass is 10.1. The Kier molecular flexibility index (Phi) is 6.10. The molecule has 0 radical (unpaired) electrons. The third-order valence-corrected chi connectivity index (χ3v) is 5.32. The molecule has 0 saturated carbocycles. The smallest absolute Gasteiger partial charge is 0.414 e. The highest BCUT2D eigenvalue weighted by molar-refractivity contribution is 6.02. The van der Waals surface area contributed by atoms with Crippen LogP contribution in [-0.2, 0) is 4.74 Å². The summed E-state index contributed by atoms with van der Waals surface area (Å²) in [7, 11) is 1.70. The Bertz CT molecular complexity index is 1350. The van der Waals surface area contributed by atoms with Gasteiger partial charge in [-0.1, -0.05) is 12.1 Å². The SMILES string of the molecule is Cc1cccc(-n2ncc3c(N(C)C(=O)OC(C)(C)C)cc(-c4cccc(C(C)N)n4)cc32)n1. The van der Waals surface area contributed by atoms with E-state index in [1.165, 1.54) is 4.90 Å². The van der Waals surface area contributed by atoms with Crippen LogP contribution in [0.2, 0.25) is 0 Å². The molecule has 0 saturated heterocycles. The van der Waals surface area contributed by atoms with Gasteiger partial charge in [-0.2, -0.15) is 5.10 Å². The summed E-state index contributed by atoms with van der Waals surface area (Å²) in [6.45, 7) is 9.36. The fraction of sp³-hybridized carbons (Fsp3) is 0.308. The van der Waals surface area contributed by atoms with Crippen molar-refractivity contribution >= 4 is 22.7 Å². The van der Waals surface area contributed by atoms with Gasteiger partial charge >= 0.3 is 6.09 Å². The number of ether oxygens (including phenoxy) is 1. The lowest BCUT2D eigenvalue weighted by Crippen LogP contribution is -2.34. The van der Waals surface area contributed by atoms with E-state index in [2.05, 4.69) is 10.1 Å². The third-order valence-electron chi connectivity index (χ3n) is 5.32. The van der Waals surface area contributed by atoms with Crippen LogP contribution in [0.5, 0.6) is 0 Å². The van der Waals surface area contributed by atoms with Crippen LogP contribution >= 0.6 is 0 Å². The van der Waals surface area contributed by atoms with E-state index in [1.54, 1.807) is 17.9 Å². The second-order valence-corrected chi connectivity index (χ2v) is 9.40. The van der Waals surface area contributed by atoms with Crippen molar-refractivity contribution in [3.05, 3.63) is 66.1 Å². The van der Waals surface area contributed by atoms with E-state index < -0.39 is 11.7 Å². The zero-order valence-corrected chi connectivity index (χ0v) is 20.4. The maximum Gasteiger partial charge on any atom is 0.414 e. The summed E-state index contributed by atoms with van der Waals surface area (Å²) in [5.41, 5.74) is 10.2. The van der Waals surface area contributed by atoms with Gasteiger partial charge in [0.1, 0.15) is 5.60 Å². The van der Waals surface area contributed by atoms with E-state index in [9.17, 15) is 4.79 Å². The van der Waals surface area contributed by atoms with Crippen molar-refractivity contribution in [2.75, 3.05) is 11.9 Å². The number of anilines is 1. The quantitative estimate of drug-likeness (QED) is 0.452. The molecule has 3 heterocycles. The van der Waals surface area contributed by atoms with Crippen LogP contribution in [0.3, 0.4) is 0 Å². The van der Waals surface area contributed by atoms with Gasteiger partial charge in [0.25, 0.3) is 0 Å². The largest absolute Gasteiger partial charge is 0.443 e. The number of nitrogens with two attached hydrogens (primary N) is 1. The second kappa shape index (κ2) is 8.87. The maximum atomic E-state index is 12.9. The molecule has 2 N–H and O–H groups in total. The van der Waals surface area contributed by atoms with Gasteiger partial charge in [0.15, 0.2) is 5.82 Å². The third kappa shape index (κ3) is 4.77. The van der Waals surface area contributed by atoms with Crippen LogP contribution in [0.4, 0.5) is 10.5 Å². The molecule has 1 aromatic carbocycles. The standard InChI is InChI=1S/C26H30N6O2/c1-16-9-7-12-24(29-16)32-23-14-18(21-11-8-10-20(30-21)17(2)27)13-22(19(23)15-28-32)31(6)25(33)34-26(3,4)5/h7-15,17H,27H2,1-6H3. The molecule has 34 heavy (non-hydrogen) atoms. The Hall–Kier alpha value is -3.78. The Morgan fingerprint density at radius 3 is 2.53 bits per heavy atom. The van der Waals surface area contributed by atoms with E-state index in [0.29, 0.717) is 11.5 Å². The summed E-state index contributed by atoms with van der Waals surface area (Å²) >= 11 is 0. The molecule has 176 valence electrons. The number of hydrogen-bond acceptors (Lipinski definition) is 6. The van der Waals surface area contributed by atoms with Crippen molar-refractivity contribution in [1.29, 1.82) is 0 Å². The number of carbonyl (C=O) groups is 1. The van der Waals surface area contributed by atoms with Crippen molar-refractivity contribution in [3.63, 3.8) is 0 Å². The van der Waals surface area contributed by atoms with Crippen LogP contribution in [0.15, 0.2) is 54.7 Å². The molecule has 0 aliphatic heterocycles. The Morgan fingerprint density at radius 2 is 1.85 bits per heavy atom. The second-order valence-electron chi connectivity index (χ2n) is 9.40. The van der Waals surface area contributed by atoms with Crippen molar-refractivity contribution in [2.45, 2.75) is 46.3 Å². The van der Waals surface area contributed by atoms with Crippen molar-refractivity contribution < 1.29 is 9.53 Å². The van der Waals surface area contributed by atoms with Gasteiger partial charge in [-0.3, -0.25) is 9.88 Å².